The van der Waals surface area contributed by atoms with Gasteiger partial charge in [-0.3, -0.25) is 9.59 Å². The van der Waals surface area contributed by atoms with Gasteiger partial charge in [0.05, 0.1) is 32.0 Å². The van der Waals surface area contributed by atoms with Crippen molar-refractivity contribution in [1.82, 2.24) is 5.32 Å². The first-order chi connectivity index (χ1) is 45.7. The van der Waals surface area contributed by atoms with Gasteiger partial charge < -0.3 is 45.1 Å². The SMILES string of the molecule is CCCCCCCCCCCCCC/C=C/C(O)C(COC1OC(CO)C(O)C(O)C1O)NC(=O)CCCCCCCCCCCCCCCCCCC/C=C\C/C=C\CCCCCCCCCCCCCCCCCOC(=O)CCCCCCCCCCCCCC. The predicted molar refractivity (Wildman–Crippen MR) is 394 cm³/mol. The minimum atomic E-state index is -1.57. The topological polar surface area (TPSA) is 175 Å². The molecule has 1 fully saturated rings. The van der Waals surface area contributed by atoms with E-state index in [4.69, 9.17) is 14.2 Å². The summed E-state index contributed by atoms with van der Waals surface area (Å²) in [6.45, 7) is 4.40. The molecule has 1 saturated heterocycles. The molecule has 0 aromatic carbocycles. The third-order valence-corrected chi connectivity index (χ3v) is 19.5. The second-order valence-corrected chi connectivity index (χ2v) is 28.5. The zero-order valence-electron chi connectivity index (χ0n) is 61.2. The summed E-state index contributed by atoms with van der Waals surface area (Å²) in [6.07, 6.45) is 83.2. The number of aliphatic hydroxyl groups excluding tert-OH is 5. The molecule has 11 heteroatoms. The molecule has 11 nitrogen and oxygen atoms in total. The molecule has 0 bridgehead atoms. The van der Waals surface area contributed by atoms with Gasteiger partial charge in [-0.2, -0.15) is 0 Å². The van der Waals surface area contributed by atoms with E-state index in [1.165, 1.54) is 327 Å². The highest BCUT2D eigenvalue weighted by Gasteiger charge is 2.44. The number of hydrogen-bond acceptors (Lipinski definition) is 10. The Morgan fingerprint density at radius 1 is 0.398 bits per heavy atom. The van der Waals surface area contributed by atoms with E-state index in [1.54, 1.807) is 6.08 Å². The molecule has 6 N–H and O–H groups in total. The number of rotatable bonds is 73. The quantitative estimate of drug-likeness (QED) is 0.0195. The predicted octanol–water partition coefficient (Wildman–Crippen LogP) is 22.1. The molecule has 1 rings (SSSR count). The van der Waals surface area contributed by atoms with Crippen LogP contribution in [-0.2, 0) is 23.8 Å². The van der Waals surface area contributed by atoms with Crippen LogP contribution >= 0.6 is 0 Å². The monoisotopic (exact) mass is 1310 g/mol. The van der Waals surface area contributed by atoms with E-state index in [-0.39, 0.29) is 18.5 Å². The van der Waals surface area contributed by atoms with E-state index in [0.717, 1.165) is 57.8 Å². The maximum atomic E-state index is 13.1. The van der Waals surface area contributed by atoms with Gasteiger partial charge in [0, 0.05) is 12.8 Å². The van der Waals surface area contributed by atoms with Crippen LogP contribution in [0.2, 0.25) is 0 Å². The van der Waals surface area contributed by atoms with Crippen molar-refractivity contribution in [3.05, 3.63) is 36.5 Å². The summed E-state index contributed by atoms with van der Waals surface area (Å²) < 4.78 is 16.8. The number of allylic oxidation sites excluding steroid dienone is 5. The fraction of sp³-hybridized carbons (Fsp3) is 0.902. The van der Waals surface area contributed by atoms with Crippen molar-refractivity contribution in [2.24, 2.45) is 0 Å². The van der Waals surface area contributed by atoms with Crippen molar-refractivity contribution in [3.63, 3.8) is 0 Å². The first kappa shape index (κ1) is 88.9. The number of nitrogens with one attached hydrogen (secondary N) is 1. The van der Waals surface area contributed by atoms with E-state index in [2.05, 4.69) is 43.5 Å². The van der Waals surface area contributed by atoms with Crippen LogP contribution in [0.15, 0.2) is 36.5 Å². The Balaban J connectivity index is 1.92. The lowest BCUT2D eigenvalue weighted by atomic mass is 9.99. The van der Waals surface area contributed by atoms with Crippen LogP contribution in [0.25, 0.3) is 0 Å². The van der Waals surface area contributed by atoms with Gasteiger partial charge in [0.2, 0.25) is 5.91 Å². The Kier molecular flexibility index (Phi) is 68.0. The van der Waals surface area contributed by atoms with Gasteiger partial charge in [0.15, 0.2) is 6.29 Å². The standard InChI is InChI=1S/C82H155NO10/c1-3-5-7-9-11-13-15-17-45-48-52-56-60-64-68-75(85)74(73-92-82-81(90)80(89)79(88)76(72-84)93-82)83-77(86)69-65-61-57-53-49-46-43-41-39-37-35-33-31-29-27-25-23-21-19-18-20-22-24-26-28-30-32-34-36-38-40-42-44-47-51-55-59-63-67-71-91-78(87)70-66-62-58-54-50-16-14-12-10-8-6-4-2/h18-19,22,24,64,68,74-76,79-82,84-85,88-90H,3-17,20-21,23,25-63,65-67,69-73H2,1-2H3,(H,83,86)/b19-18-,24-22-,68-64+. The molecule has 7 unspecified atom stereocenters. The largest absolute Gasteiger partial charge is 0.466 e. The van der Waals surface area contributed by atoms with Crippen LogP contribution in [-0.4, -0.2) is 100 Å². The van der Waals surface area contributed by atoms with Gasteiger partial charge in [-0.1, -0.05) is 371 Å². The van der Waals surface area contributed by atoms with E-state index in [1.807, 2.05) is 6.08 Å². The summed E-state index contributed by atoms with van der Waals surface area (Å²) in [4.78, 5) is 25.1. The number of amides is 1. The lowest BCUT2D eigenvalue weighted by Crippen LogP contribution is -2.60. The Morgan fingerprint density at radius 3 is 1.09 bits per heavy atom. The normalized spacial score (nSPS) is 17.6. The molecule has 1 aliphatic rings. The van der Waals surface area contributed by atoms with Crippen LogP contribution in [0.3, 0.4) is 0 Å². The first-order valence-corrected chi connectivity index (χ1v) is 40.8. The average molecular weight is 1320 g/mol. The summed E-state index contributed by atoms with van der Waals surface area (Å²) in [5.74, 6) is -0.160. The zero-order valence-corrected chi connectivity index (χ0v) is 61.2. The van der Waals surface area contributed by atoms with Crippen LogP contribution in [0.1, 0.15) is 412 Å². The maximum Gasteiger partial charge on any atom is 0.305 e. The molecule has 0 aliphatic carbocycles. The Hall–Kier alpha value is -2.12. The van der Waals surface area contributed by atoms with Crippen molar-refractivity contribution < 1.29 is 49.3 Å². The lowest BCUT2D eigenvalue weighted by molar-refractivity contribution is -0.302. The van der Waals surface area contributed by atoms with Gasteiger partial charge in [-0.25, -0.2) is 0 Å². The highest BCUT2D eigenvalue weighted by atomic mass is 16.7. The van der Waals surface area contributed by atoms with E-state index in [9.17, 15) is 35.1 Å². The lowest BCUT2D eigenvalue weighted by Gasteiger charge is -2.40. The molecule has 93 heavy (non-hydrogen) atoms. The highest BCUT2D eigenvalue weighted by Crippen LogP contribution is 2.24. The second kappa shape index (κ2) is 71.2. The maximum absolute atomic E-state index is 13.1. The Morgan fingerprint density at radius 2 is 0.720 bits per heavy atom. The molecule has 1 amide bonds. The van der Waals surface area contributed by atoms with Crippen molar-refractivity contribution in [2.45, 2.75) is 455 Å². The third-order valence-electron chi connectivity index (χ3n) is 19.5. The Bertz CT molecular complexity index is 1640. The van der Waals surface area contributed by atoms with Crippen LogP contribution < -0.4 is 5.32 Å². The number of esters is 1. The number of hydrogen-bond donors (Lipinski definition) is 6. The Labute approximate surface area is 574 Å². The van der Waals surface area contributed by atoms with Gasteiger partial charge in [0.1, 0.15) is 24.4 Å². The molecule has 1 aliphatic heterocycles. The molecule has 7 atom stereocenters. The fourth-order valence-electron chi connectivity index (χ4n) is 13.1. The summed E-state index contributed by atoms with van der Waals surface area (Å²) in [5, 5.41) is 54.6. The van der Waals surface area contributed by atoms with Crippen molar-refractivity contribution in [2.75, 3.05) is 19.8 Å². The average Bonchev–Trinajstić information content (AvgIpc) is 0.900. The number of carbonyl (C=O) groups excluding carboxylic acids is 2. The molecule has 1 heterocycles. The van der Waals surface area contributed by atoms with Crippen molar-refractivity contribution in [3.8, 4) is 0 Å². The first-order valence-electron chi connectivity index (χ1n) is 40.8. The number of unbranched alkanes of at least 4 members (excludes halogenated alkanes) is 55. The zero-order chi connectivity index (χ0) is 67.2. The third kappa shape index (κ3) is 59.6. The smallest absolute Gasteiger partial charge is 0.305 e. The van der Waals surface area contributed by atoms with E-state index >= 15 is 0 Å². The minimum absolute atomic E-state index is 0.0159. The van der Waals surface area contributed by atoms with Crippen LogP contribution in [0.5, 0.6) is 0 Å². The van der Waals surface area contributed by atoms with Crippen LogP contribution in [0, 0.1) is 0 Å². The molecular formula is C82H155NO10. The van der Waals surface area contributed by atoms with Gasteiger partial charge in [-0.05, 0) is 64.2 Å². The van der Waals surface area contributed by atoms with E-state index < -0.39 is 49.5 Å². The molecule has 0 radical (unpaired) electrons. The number of ether oxygens (including phenoxy) is 3. The number of aliphatic hydroxyl groups is 5. The molecule has 0 spiro atoms. The van der Waals surface area contributed by atoms with Crippen molar-refractivity contribution in [1.29, 1.82) is 0 Å². The van der Waals surface area contributed by atoms with Crippen molar-refractivity contribution >= 4 is 11.9 Å². The van der Waals surface area contributed by atoms with E-state index in [0.29, 0.717) is 19.4 Å². The number of carbonyl (C=O) groups is 2. The molecule has 548 valence electrons. The molecule has 0 aromatic rings. The van der Waals surface area contributed by atoms with Gasteiger partial charge >= 0.3 is 5.97 Å². The van der Waals surface area contributed by atoms with Gasteiger partial charge in [-0.15, -0.1) is 0 Å². The second-order valence-electron chi connectivity index (χ2n) is 28.5. The highest BCUT2D eigenvalue weighted by molar-refractivity contribution is 5.76. The molecule has 0 aromatic heterocycles. The van der Waals surface area contributed by atoms with Crippen LogP contribution in [0.4, 0.5) is 0 Å². The molecular weight excluding hydrogens is 1160 g/mol. The summed E-state index contributed by atoms with van der Waals surface area (Å²) in [5.41, 5.74) is 0. The molecule has 0 saturated carbocycles. The summed E-state index contributed by atoms with van der Waals surface area (Å²) >= 11 is 0. The fourth-order valence-corrected chi connectivity index (χ4v) is 13.1. The van der Waals surface area contributed by atoms with Gasteiger partial charge in [0.25, 0.3) is 0 Å². The minimum Gasteiger partial charge on any atom is -0.466 e. The summed E-state index contributed by atoms with van der Waals surface area (Å²) in [7, 11) is 0. The summed E-state index contributed by atoms with van der Waals surface area (Å²) in [6, 6.07) is -0.808.